The van der Waals surface area contributed by atoms with Crippen LogP contribution in [0.5, 0.6) is 5.75 Å². The molecule has 0 fully saturated rings. The molecule has 11 aromatic rings. The average molecular weight is 1620 g/mol. The van der Waals surface area contributed by atoms with Crippen molar-refractivity contribution in [1.29, 1.82) is 0 Å². The van der Waals surface area contributed by atoms with Crippen LogP contribution >= 0.6 is 90.7 Å². The first-order valence-electron chi connectivity index (χ1n) is 34.8. The Hall–Kier alpha value is -8.82. The zero-order valence-electron chi connectivity index (χ0n) is 60.2. The standard InChI is InChI=1S/C13H13NO2S.2C12H11NO2S.C11H17NOS.C9H13NOS.2C8H11NOS.C7H9NO2S/c15-8-7-10-3-5-11(6-4-10)14-13(16)12-2-1-9-17-12;14-10-4-1-3-9(7-10)8-13-12(15)11-5-2-6-16-11;14-7-9-2-1-3-11(6-9)13-12(15)10-4-5-16-8-10;1-2-3-4-5-8-12-11(13)10-7-6-9-14-10;10-5-2-1-3-9(11)8-4-6-12-7-8;9-5-1-3-7(10)8-4-2-6-11-8;9-4-1-2-8(10)7-3-5-11-6-7;9-4-3-8-7(10)6-2-1-5-11-6/h1-6,9,15H,7-8H2,(H,14,16);1-7,14H,8H2,(H,13,15);1-6,8,14H,7H2,(H,13,15);6-7,9H,2-5,8H2,1H3,(H,12,13);4,6-7H,1-3,5,10H2;2,4,6H,1,3,5,9H2;3,5-6H,1-2,4,9H2;1-2,5,9H,3-4H2,(H,8,10). The second-order valence-corrected chi connectivity index (χ2v) is 29.9. The highest BCUT2D eigenvalue weighted by Crippen LogP contribution is 2.19. The molecule has 3 aromatic carbocycles. The lowest BCUT2D eigenvalue weighted by atomic mass is 10.1. The predicted molar refractivity (Wildman–Crippen MR) is 448 cm³/mol. The monoisotopic (exact) mass is 1620 g/mol. The van der Waals surface area contributed by atoms with Gasteiger partial charge in [-0.25, -0.2) is 0 Å². The Morgan fingerprint density at radius 2 is 0.833 bits per heavy atom. The summed E-state index contributed by atoms with van der Waals surface area (Å²) in [6, 6.07) is 45.3. The van der Waals surface area contributed by atoms with Gasteiger partial charge in [0.1, 0.15) is 5.75 Å². The highest BCUT2D eigenvalue weighted by atomic mass is 32.1. The van der Waals surface area contributed by atoms with E-state index in [0.717, 1.165) is 81.9 Å². The minimum absolute atomic E-state index is 0.0168. The minimum Gasteiger partial charge on any atom is -0.508 e. The molecule has 0 aliphatic rings. The fraction of sp³-hybridized carbons (Fsp3) is 0.275. The van der Waals surface area contributed by atoms with E-state index in [9.17, 15) is 43.5 Å². The normalized spacial score (nSPS) is 9.99. The molecule has 0 saturated heterocycles. The van der Waals surface area contributed by atoms with E-state index in [-0.39, 0.29) is 72.5 Å². The van der Waals surface area contributed by atoms with Gasteiger partial charge in [-0.1, -0.05) is 92.9 Å². The van der Waals surface area contributed by atoms with Gasteiger partial charge in [-0.05, 0) is 203 Å². The number of nitrogens with one attached hydrogen (secondary N) is 5. The van der Waals surface area contributed by atoms with Gasteiger partial charge in [0.15, 0.2) is 17.3 Å². The third-order valence-electron chi connectivity index (χ3n) is 14.4. The molecule has 0 saturated carbocycles. The maximum absolute atomic E-state index is 11.7. The summed E-state index contributed by atoms with van der Waals surface area (Å²) in [5, 5.41) is 70.0. The molecule has 5 amide bonds. The molecule has 0 radical (unpaired) electrons. The molecule has 576 valence electrons. The molecule has 8 aromatic heterocycles. The van der Waals surface area contributed by atoms with Crippen molar-refractivity contribution in [3.63, 3.8) is 0 Å². The predicted octanol–water partition coefficient (Wildman–Crippen LogP) is 16.3. The highest BCUT2D eigenvalue weighted by Gasteiger charge is 2.12. The van der Waals surface area contributed by atoms with Gasteiger partial charge in [-0.15, -0.1) is 56.7 Å². The number of aliphatic hydroxyl groups is 3. The van der Waals surface area contributed by atoms with Crippen LogP contribution in [0.25, 0.3) is 0 Å². The van der Waals surface area contributed by atoms with Crippen LogP contribution in [-0.4, -0.2) is 113 Å². The Bertz CT molecular complexity index is 4040. The molecule has 15 N–H and O–H groups in total. The first kappa shape index (κ1) is 91.6. The molecule has 8 heterocycles. The van der Waals surface area contributed by atoms with Gasteiger partial charge in [0.05, 0.1) is 43.2 Å². The molecule has 28 heteroatoms. The summed E-state index contributed by atoms with van der Waals surface area (Å²) in [6.07, 6.45) is 10.6. The van der Waals surface area contributed by atoms with Crippen LogP contribution in [0.3, 0.4) is 0 Å². The van der Waals surface area contributed by atoms with Gasteiger partial charge in [-0.3, -0.25) is 38.4 Å². The van der Waals surface area contributed by atoms with E-state index >= 15 is 0 Å². The van der Waals surface area contributed by atoms with Crippen molar-refractivity contribution in [2.75, 3.05) is 56.6 Å². The number of unbranched alkanes of at least 4 members (excludes halogenated alkanes) is 4. The maximum Gasteiger partial charge on any atom is 0.265 e. The van der Waals surface area contributed by atoms with Crippen LogP contribution in [0.1, 0.15) is 174 Å². The number of hydrogen-bond acceptors (Lipinski definition) is 23. The lowest BCUT2D eigenvalue weighted by Gasteiger charge is -2.05. The van der Waals surface area contributed by atoms with E-state index in [1.807, 2.05) is 139 Å². The van der Waals surface area contributed by atoms with Gasteiger partial charge >= 0.3 is 0 Å². The van der Waals surface area contributed by atoms with E-state index in [0.29, 0.717) is 84.3 Å². The number of thiophene rings is 8. The van der Waals surface area contributed by atoms with Crippen LogP contribution in [-0.2, 0) is 19.6 Å². The number of nitrogens with two attached hydrogens (primary N) is 3. The number of aliphatic hydroxyl groups excluding tert-OH is 3. The number of phenols is 1. The Kier molecular flexibility index (Phi) is 48.6. The molecule has 108 heavy (non-hydrogen) atoms. The van der Waals surface area contributed by atoms with E-state index in [4.69, 9.17) is 32.5 Å². The number of carbonyl (C=O) groups is 8. The fourth-order valence-electron chi connectivity index (χ4n) is 8.74. The SMILES string of the molecule is CCCCCCNC(=O)c1cccs1.NCCCC(=O)c1cccs1.NCCCC(=O)c1ccsc1.NCCCCC(=O)c1ccsc1.O=C(NCCO)c1cccs1.O=C(NCc1cccc(O)c1)c1cccs1.O=C(Nc1ccc(CCO)cc1)c1cccs1.O=C(Nc1cccc(CO)c1)c1ccsc1. The number of aromatic hydroxyl groups is 1. The Morgan fingerprint density at radius 1 is 0.370 bits per heavy atom. The summed E-state index contributed by atoms with van der Waals surface area (Å²) in [5.74, 6) is 0.518. The molecule has 0 bridgehead atoms. The van der Waals surface area contributed by atoms with Crippen LogP contribution < -0.4 is 43.8 Å². The molecule has 20 nitrogen and oxygen atoms in total. The second kappa shape index (κ2) is 57.3. The Labute approximate surface area is 663 Å². The third-order valence-corrected chi connectivity index (χ3v) is 20.8. The Morgan fingerprint density at radius 3 is 1.30 bits per heavy atom. The smallest absolute Gasteiger partial charge is 0.265 e. The lowest BCUT2D eigenvalue weighted by Crippen LogP contribution is -2.25. The number of anilines is 2. The van der Waals surface area contributed by atoms with Crippen LogP contribution in [0.15, 0.2) is 211 Å². The number of hydrogen-bond donors (Lipinski definition) is 12. The number of carbonyl (C=O) groups excluding carboxylic acids is 8. The number of Topliss-reactive ketones (excluding diaryl/α,β-unsaturated/α-hetero) is 3. The number of amides is 5. The molecular formula is C80H96N8O12S8. The van der Waals surface area contributed by atoms with Crippen molar-refractivity contribution >= 4 is 149 Å². The number of rotatable bonds is 32. The van der Waals surface area contributed by atoms with Gasteiger partial charge in [0, 0.05) is 84.1 Å². The highest BCUT2D eigenvalue weighted by molar-refractivity contribution is 7.13. The topological polar surface area (TPSA) is 356 Å². The summed E-state index contributed by atoms with van der Waals surface area (Å²) in [7, 11) is 0. The first-order valence-corrected chi connectivity index (χ1v) is 42.0. The summed E-state index contributed by atoms with van der Waals surface area (Å²) in [6.45, 7) is 5.69. The molecular weight excluding hydrogens is 1520 g/mol. The largest absolute Gasteiger partial charge is 0.508 e. The van der Waals surface area contributed by atoms with Crippen molar-refractivity contribution in [2.45, 2.75) is 97.1 Å². The number of ketones is 3. The van der Waals surface area contributed by atoms with E-state index in [1.54, 1.807) is 94.8 Å². The van der Waals surface area contributed by atoms with Crippen LogP contribution in [0.2, 0.25) is 0 Å². The summed E-state index contributed by atoms with van der Waals surface area (Å²) in [5.41, 5.74) is 22.4. The van der Waals surface area contributed by atoms with Crippen LogP contribution in [0, 0.1) is 0 Å². The number of phenolic OH excluding ortho intramolecular Hbond substituents is 1. The number of benzene rings is 3. The molecule has 0 aliphatic carbocycles. The van der Waals surface area contributed by atoms with Crippen molar-refractivity contribution < 1.29 is 58.8 Å². The summed E-state index contributed by atoms with van der Waals surface area (Å²) >= 11 is 11.8. The average Bonchev–Trinajstić information content (AvgIpc) is 1.49. The van der Waals surface area contributed by atoms with Crippen molar-refractivity contribution in [2.24, 2.45) is 17.2 Å². The third kappa shape index (κ3) is 39.3. The molecule has 0 unspecified atom stereocenters. The van der Waals surface area contributed by atoms with Gasteiger partial charge in [-0.2, -0.15) is 34.0 Å². The minimum atomic E-state index is -0.128. The fourth-order valence-corrected chi connectivity index (χ4v) is 13.9. The van der Waals surface area contributed by atoms with Crippen LogP contribution in [0.4, 0.5) is 11.4 Å². The van der Waals surface area contributed by atoms with E-state index in [1.165, 1.54) is 87.3 Å². The van der Waals surface area contributed by atoms with Crippen molar-refractivity contribution in [3.8, 4) is 5.75 Å². The van der Waals surface area contributed by atoms with Crippen molar-refractivity contribution in [3.05, 3.63) is 269 Å². The summed E-state index contributed by atoms with van der Waals surface area (Å²) < 4.78 is 0. The molecule has 0 aliphatic heterocycles. The zero-order valence-corrected chi connectivity index (χ0v) is 66.7. The lowest BCUT2D eigenvalue weighted by molar-refractivity contribution is 0.0942. The molecule has 11 rings (SSSR count). The maximum atomic E-state index is 11.7. The second-order valence-electron chi connectivity index (χ2n) is 22.8. The molecule has 0 spiro atoms. The van der Waals surface area contributed by atoms with Gasteiger partial charge < -0.3 is 64.2 Å². The van der Waals surface area contributed by atoms with E-state index in [2.05, 4.69) is 33.5 Å². The molecule has 0 atom stereocenters. The van der Waals surface area contributed by atoms with Gasteiger partial charge in [0.2, 0.25) is 0 Å². The van der Waals surface area contributed by atoms with Crippen molar-refractivity contribution in [1.82, 2.24) is 16.0 Å². The quantitative estimate of drug-likeness (QED) is 0.0138. The Balaban J connectivity index is 0.000000262. The summed E-state index contributed by atoms with van der Waals surface area (Å²) in [4.78, 5) is 95.1. The van der Waals surface area contributed by atoms with Gasteiger partial charge in [0.25, 0.3) is 29.5 Å². The zero-order chi connectivity index (χ0) is 78.2. The van der Waals surface area contributed by atoms with E-state index < -0.39 is 0 Å². The first-order chi connectivity index (χ1) is 52.6.